The van der Waals surface area contributed by atoms with Crippen LogP contribution in [0.3, 0.4) is 0 Å². The van der Waals surface area contributed by atoms with E-state index in [0.717, 1.165) is 6.92 Å². The van der Waals surface area contributed by atoms with Crippen LogP contribution < -0.4 is 0 Å². The zero-order valence-corrected chi connectivity index (χ0v) is 13.8. The van der Waals surface area contributed by atoms with E-state index in [1.807, 2.05) is 0 Å². The van der Waals surface area contributed by atoms with Crippen molar-refractivity contribution in [1.29, 1.82) is 0 Å². The van der Waals surface area contributed by atoms with E-state index in [1.54, 1.807) is 0 Å². The van der Waals surface area contributed by atoms with E-state index in [-0.39, 0.29) is 13.2 Å². The van der Waals surface area contributed by atoms with Gasteiger partial charge in [-0.15, -0.1) is 13.2 Å². The number of hydrogen-bond acceptors (Lipinski definition) is 5. The van der Waals surface area contributed by atoms with E-state index in [4.69, 9.17) is 0 Å². The molecule has 0 atom stereocenters. The Morgan fingerprint density at radius 1 is 0.964 bits per heavy atom. The number of hydrogen-bond donors (Lipinski definition) is 0. The second-order valence-electron chi connectivity index (χ2n) is 4.72. The molecule has 0 aromatic rings. The number of ether oxygens (including phenoxy) is 3. The van der Waals surface area contributed by atoms with Crippen molar-refractivity contribution in [3.8, 4) is 0 Å². The lowest BCUT2D eigenvalue weighted by atomic mass is 10.1. The summed E-state index contributed by atoms with van der Waals surface area (Å²) in [4.78, 5) is 0. The van der Waals surface area contributed by atoms with Crippen molar-refractivity contribution in [1.82, 2.24) is 0 Å². The van der Waals surface area contributed by atoms with Crippen molar-refractivity contribution >= 4 is 10.2 Å². The third-order valence-corrected chi connectivity index (χ3v) is 3.47. The van der Waals surface area contributed by atoms with Crippen LogP contribution in [0.5, 0.6) is 0 Å². The minimum atomic E-state index is -7.24. The summed E-state index contributed by atoms with van der Waals surface area (Å²) in [6, 6.07) is 0. The molecule has 0 N–H and O–H groups in total. The Morgan fingerprint density at radius 3 is 1.64 bits per heavy atom. The van der Waals surface area contributed by atoms with Gasteiger partial charge in [0, 0.05) is 0 Å². The monoisotopic (exact) mass is 468 g/mol. The summed E-state index contributed by atoms with van der Waals surface area (Å²) in [6.07, 6.45) is -15.7. The molecule has 28 heavy (non-hydrogen) atoms. The predicted octanol–water partition coefficient (Wildman–Crippen LogP) is 4.17. The van der Waals surface area contributed by atoms with Gasteiger partial charge in [0.15, 0.2) is 0 Å². The second kappa shape index (κ2) is 8.23. The Balaban J connectivity index is 0.000000525. The first-order valence-corrected chi connectivity index (χ1v) is 7.63. The molecule has 0 unspecified atom stereocenters. The van der Waals surface area contributed by atoms with Gasteiger partial charge in [0.2, 0.25) is 5.79 Å². The van der Waals surface area contributed by atoms with Gasteiger partial charge in [0.25, 0.3) is 6.08 Å². The Morgan fingerprint density at radius 2 is 1.36 bits per heavy atom. The quantitative estimate of drug-likeness (QED) is 0.448. The fourth-order valence-corrected chi connectivity index (χ4v) is 1.65. The number of halogens is 12. The fourth-order valence-electron chi connectivity index (χ4n) is 1.32. The van der Waals surface area contributed by atoms with Crippen LogP contribution in [0.15, 0.2) is 12.2 Å². The van der Waals surface area contributed by atoms with Crippen molar-refractivity contribution in [3.63, 3.8) is 0 Å². The highest BCUT2D eigenvalue weighted by Crippen LogP contribution is 2.43. The van der Waals surface area contributed by atoms with Crippen molar-refractivity contribution in [2.45, 2.75) is 36.4 Å². The van der Waals surface area contributed by atoms with Crippen LogP contribution in [0, 0.1) is 0 Å². The van der Waals surface area contributed by atoms with Crippen molar-refractivity contribution in [2.24, 2.45) is 0 Å². The summed E-state index contributed by atoms with van der Waals surface area (Å²) in [5.74, 6) is -6.08. The summed E-state index contributed by atoms with van der Waals surface area (Å²) in [7, 11) is -7.24. The van der Waals surface area contributed by atoms with Gasteiger partial charge in [-0.3, -0.25) is 0 Å². The normalized spacial score (nSPS) is 18.3. The Hall–Kier alpha value is -1.27. The van der Waals surface area contributed by atoms with Crippen LogP contribution in [0.25, 0.3) is 0 Å². The maximum atomic E-state index is 13.0. The molecule has 0 aliphatic carbocycles. The topological polar surface area (TPSA) is 61.8 Å². The smallest absolute Gasteiger partial charge is 0.342 e. The lowest BCUT2D eigenvalue weighted by Gasteiger charge is -2.28. The highest BCUT2D eigenvalue weighted by Gasteiger charge is 2.71. The molecule has 0 saturated carbocycles. The summed E-state index contributed by atoms with van der Waals surface area (Å²) >= 11 is 0. The molecule has 5 nitrogen and oxygen atoms in total. The van der Waals surface area contributed by atoms with Crippen molar-refractivity contribution < 1.29 is 74.8 Å². The number of rotatable bonds is 5. The maximum absolute atomic E-state index is 13.0. The Bertz CT molecular complexity index is 661. The third-order valence-electron chi connectivity index (χ3n) is 2.62. The van der Waals surface area contributed by atoms with E-state index >= 15 is 0 Å². The van der Waals surface area contributed by atoms with Crippen LogP contribution in [0.2, 0.25) is 0 Å². The molecule has 1 saturated heterocycles. The van der Waals surface area contributed by atoms with E-state index in [1.165, 1.54) is 4.74 Å². The average Bonchev–Trinajstić information content (AvgIpc) is 2.82. The Labute approximate surface area is 148 Å². The van der Waals surface area contributed by atoms with Gasteiger partial charge < -0.3 is 9.47 Å². The van der Waals surface area contributed by atoms with Crippen LogP contribution >= 0.6 is 0 Å². The number of alkyl halides is 9. The van der Waals surface area contributed by atoms with Gasteiger partial charge in [-0.25, -0.2) is 4.74 Å². The highest BCUT2D eigenvalue weighted by atomic mass is 32.3. The van der Waals surface area contributed by atoms with Gasteiger partial charge in [0.05, 0.1) is 19.3 Å². The van der Waals surface area contributed by atoms with Crippen LogP contribution in [0.1, 0.15) is 6.92 Å². The molecule has 1 aliphatic heterocycles. The Kier molecular flexibility index (Phi) is 7.86. The molecule has 0 bridgehead atoms. The highest BCUT2D eigenvalue weighted by molar-refractivity contribution is 7.87. The van der Waals surface area contributed by atoms with Gasteiger partial charge in [-0.1, -0.05) is 3.89 Å². The first-order valence-electron chi connectivity index (χ1n) is 6.24. The molecule has 1 heterocycles. The lowest BCUT2D eigenvalue weighted by Crippen LogP contribution is -2.49. The molecule has 1 aliphatic rings. The van der Waals surface area contributed by atoms with Gasteiger partial charge in [-0.05, 0) is 6.92 Å². The van der Waals surface area contributed by atoms with Gasteiger partial charge in [-0.2, -0.15) is 43.5 Å². The molecule has 1 fully saturated rings. The molecule has 0 aromatic carbocycles. The summed E-state index contributed by atoms with van der Waals surface area (Å²) in [5.41, 5.74) is 0. The maximum Gasteiger partial charge on any atom is 0.527 e. The van der Waals surface area contributed by atoms with Gasteiger partial charge in [0.1, 0.15) is 0 Å². The lowest BCUT2D eigenvalue weighted by molar-refractivity contribution is -0.453. The molecule has 168 valence electrons. The minimum absolute atomic E-state index is 0.0200. The van der Waals surface area contributed by atoms with E-state index in [9.17, 15) is 60.6 Å². The molecule has 1 rings (SSSR count). The van der Waals surface area contributed by atoms with Crippen molar-refractivity contribution in [2.75, 3.05) is 13.2 Å². The zero-order chi connectivity index (χ0) is 22.8. The first kappa shape index (κ1) is 26.7. The van der Waals surface area contributed by atoms with Gasteiger partial charge >= 0.3 is 33.9 Å². The van der Waals surface area contributed by atoms with E-state index < -0.39 is 51.8 Å². The molecule has 0 spiro atoms. The van der Waals surface area contributed by atoms with E-state index in [0.29, 0.717) is 0 Å². The van der Waals surface area contributed by atoms with Crippen LogP contribution in [-0.2, 0) is 24.4 Å². The molecule has 18 heteroatoms. The first-order chi connectivity index (χ1) is 12.1. The zero-order valence-electron chi connectivity index (χ0n) is 13.0. The van der Waals surface area contributed by atoms with Crippen molar-refractivity contribution in [3.05, 3.63) is 12.2 Å². The minimum Gasteiger partial charge on any atom is -0.342 e. The average molecular weight is 468 g/mol. The SMILES string of the molecule is CC1(C(F)(F)C=C(F)F)OCCO1.O=S(=O)(F)C(F)(F)C(F)(F)OC(F)(F)F. The molecule has 0 amide bonds. The fraction of sp³-hybridized carbons (Fsp3) is 0.800. The van der Waals surface area contributed by atoms with Crippen LogP contribution in [0.4, 0.5) is 52.2 Å². The third kappa shape index (κ3) is 6.66. The summed E-state index contributed by atoms with van der Waals surface area (Å²) < 4.78 is 171. The van der Waals surface area contributed by atoms with Crippen LogP contribution in [-0.4, -0.2) is 51.1 Å². The largest absolute Gasteiger partial charge is 0.527 e. The summed E-state index contributed by atoms with van der Waals surface area (Å²) in [5, 5.41) is -6.63. The summed E-state index contributed by atoms with van der Waals surface area (Å²) in [6.45, 7) is 0.890. The predicted molar refractivity (Wildman–Crippen MR) is 62.6 cm³/mol. The molecule has 0 aromatic heterocycles. The molecule has 0 radical (unpaired) electrons. The van der Waals surface area contributed by atoms with E-state index in [2.05, 4.69) is 9.47 Å². The second-order valence-corrected chi connectivity index (χ2v) is 6.11. The molecular weight excluding hydrogens is 460 g/mol. The standard InChI is InChI=1S/C7H8F4O2.C3F8O3S/c1-6(12-2-3-13-6)7(10,11)4-5(8)9;4-1(5,14-3(8,9)10)2(6,7)15(11,12)13/h4H,2-3H2,1H3;. The molecular formula is C10H8F12O5S.